The van der Waals surface area contributed by atoms with E-state index in [1.54, 1.807) is 0 Å². The summed E-state index contributed by atoms with van der Waals surface area (Å²) < 4.78 is 5.22. The predicted octanol–water partition coefficient (Wildman–Crippen LogP) is 1.32. The summed E-state index contributed by atoms with van der Waals surface area (Å²) in [6.07, 6.45) is 4.19. The first kappa shape index (κ1) is 13.3. The third-order valence-corrected chi connectivity index (χ3v) is 3.96. The number of rotatable bonds is 6. The van der Waals surface area contributed by atoms with Crippen LogP contribution in [0.15, 0.2) is 0 Å². The van der Waals surface area contributed by atoms with Gasteiger partial charge in [0.15, 0.2) is 6.10 Å². The van der Waals surface area contributed by atoms with Crippen LogP contribution in [0.1, 0.15) is 45.4 Å². The molecule has 5 heteroatoms. The second-order valence-electron chi connectivity index (χ2n) is 5.50. The second kappa shape index (κ2) is 5.26. The molecule has 2 N–H and O–H groups in total. The Morgan fingerprint density at radius 3 is 2.50 bits per heavy atom. The quantitative estimate of drug-likeness (QED) is 0.750. The van der Waals surface area contributed by atoms with Gasteiger partial charge in [0.1, 0.15) is 6.10 Å². The number of carbonyl (C=O) groups excluding carboxylic acids is 1. The van der Waals surface area contributed by atoms with Crippen molar-refractivity contribution in [2.75, 3.05) is 6.54 Å². The molecule has 1 saturated heterocycles. The van der Waals surface area contributed by atoms with E-state index in [0.29, 0.717) is 24.8 Å². The Morgan fingerprint density at radius 2 is 2.00 bits per heavy atom. The highest BCUT2D eigenvalue weighted by molar-refractivity contribution is 5.82. The second-order valence-corrected chi connectivity index (χ2v) is 5.50. The zero-order valence-electron chi connectivity index (χ0n) is 10.8. The van der Waals surface area contributed by atoms with Gasteiger partial charge in [-0.15, -0.1) is 0 Å². The summed E-state index contributed by atoms with van der Waals surface area (Å²) in [7, 11) is 0. The molecule has 0 aromatic carbocycles. The van der Waals surface area contributed by atoms with Crippen molar-refractivity contribution in [2.24, 2.45) is 5.41 Å². The summed E-state index contributed by atoms with van der Waals surface area (Å²) in [5.41, 5.74) is 0.315. The van der Waals surface area contributed by atoms with Gasteiger partial charge in [-0.3, -0.25) is 4.79 Å². The molecule has 102 valence electrons. The lowest BCUT2D eigenvalue weighted by atomic mass is 10.0. The zero-order chi connectivity index (χ0) is 13.2. The van der Waals surface area contributed by atoms with Gasteiger partial charge in [-0.1, -0.05) is 13.3 Å². The van der Waals surface area contributed by atoms with Crippen LogP contribution in [-0.2, 0) is 14.3 Å². The number of hydrogen-bond acceptors (Lipinski definition) is 3. The summed E-state index contributed by atoms with van der Waals surface area (Å²) in [4.78, 5) is 22.6. The molecule has 2 fully saturated rings. The lowest BCUT2D eigenvalue weighted by Gasteiger charge is -2.17. The SMILES string of the molecule is CCCC1(CNC(=O)[C@@H]2CC[C@H](C(=O)O)O2)CC1. The van der Waals surface area contributed by atoms with E-state index in [1.165, 1.54) is 12.8 Å². The van der Waals surface area contributed by atoms with Gasteiger partial charge in [-0.05, 0) is 37.5 Å². The zero-order valence-corrected chi connectivity index (χ0v) is 10.8. The maximum atomic E-state index is 11.9. The van der Waals surface area contributed by atoms with Crippen molar-refractivity contribution in [1.82, 2.24) is 5.32 Å². The van der Waals surface area contributed by atoms with E-state index >= 15 is 0 Å². The molecule has 1 heterocycles. The summed E-state index contributed by atoms with van der Waals surface area (Å²) in [6.45, 7) is 2.86. The predicted molar refractivity (Wildman–Crippen MR) is 65.1 cm³/mol. The number of carboxylic acid groups (broad SMARTS) is 1. The van der Waals surface area contributed by atoms with Crippen molar-refractivity contribution in [1.29, 1.82) is 0 Å². The molecule has 0 spiro atoms. The van der Waals surface area contributed by atoms with Gasteiger partial charge in [-0.2, -0.15) is 0 Å². The smallest absolute Gasteiger partial charge is 0.332 e. The van der Waals surface area contributed by atoms with Crippen LogP contribution < -0.4 is 5.32 Å². The van der Waals surface area contributed by atoms with E-state index in [0.717, 1.165) is 12.8 Å². The normalized spacial score (nSPS) is 28.9. The van der Waals surface area contributed by atoms with Crippen LogP contribution in [0.4, 0.5) is 0 Å². The summed E-state index contributed by atoms with van der Waals surface area (Å²) in [5, 5.41) is 11.7. The first-order valence-corrected chi connectivity index (χ1v) is 6.72. The fraction of sp³-hybridized carbons (Fsp3) is 0.846. The Bertz CT molecular complexity index is 338. The molecular weight excluding hydrogens is 234 g/mol. The van der Waals surface area contributed by atoms with Crippen molar-refractivity contribution in [3.63, 3.8) is 0 Å². The molecule has 18 heavy (non-hydrogen) atoms. The molecule has 2 atom stereocenters. The minimum Gasteiger partial charge on any atom is -0.479 e. The maximum absolute atomic E-state index is 11.9. The van der Waals surface area contributed by atoms with Crippen LogP contribution in [0.25, 0.3) is 0 Å². The number of amides is 1. The highest BCUT2D eigenvalue weighted by atomic mass is 16.5. The highest BCUT2D eigenvalue weighted by Gasteiger charge is 2.42. The Labute approximate surface area is 107 Å². The van der Waals surface area contributed by atoms with E-state index in [2.05, 4.69) is 12.2 Å². The van der Waals surface area contributed by atoms with E-state index < -0.39 is 18.2 Å². The van der Waals surface area contributed by atoms with Gasteiger partial charge in [0, 0.05) is 6.54 Å². The number of carboxylic acids is 1. The van der Waals surface area contributed by atoms with Gasteiger partial charge < -0.3 is 15.2 Å². The molecule has 2 rings (SSSR count). The number of hydrogen-bond donors (Lipinski definition) is 2. The molecule has 0 unspecified atom stereocenters. The molecule has 1 amide bonds. The Hall–Kier alpha value is -1.10. The van der Waals surface area contributed by atoms with Crippen LogP contribution in [0.5, 0.6) is 0 Å². The topological polar surface area (TPSA) is 75.6 Å². The van der Waals surface area contributed by atoms with Crippen LogP contribution in [0.3, 0.4) is 0 Å². The van der Waals surface area contributed by atoms with Crippen molar-refractivity contribution in [3.05, 3.63) is 0 Å². The molecular formula is C13H21NO4. The first-order valence-electron chi connectivity index (χ1n) is 6.72. The van der Waals surface area contributed by atoms with Crippen molar-refractivity contribution < 1.29 is 19.4 Å². The summed E-state index contributed by atoms with van der Waals surface area (Å²) >= 11 is 0. The Morgan fingerprint density at radius 1 is 1.33 bits per heavy atom. The first-order chi connectivity index (χ1) is 8.56. The van der Waals surface area contributed by atoms with Crippen molar-refractivity contribution >= 4 is 11.9 Å². The fourth-order valence-electron chi connectivity index (χ4n) is 2.62. The minimum absolute atomic E-state index is 0.152. The van der Waals surface area contributed by atoms with Gasteiger partial charge in [0.25, 0.3) is 0 Å². The average Bonchev–Trinajstić information content (AvgIpc) is 2.92. The molecule has 0 aromatic heterocycles. The van der Waals surface area contributed by atoms with Gasteiger partial charge in [0.05, 0.1) is 0 Å². The monoisotopic (exact) mass is 255 g/mol. The highest BCUT2D eigenvalue weighted by Crippen LogP contribution is 2.48. The molecule has 2 aliphatic rings. The number of ether oxygens (including phenoxy) is 1. The van der Waals surface area contributed by atoms with Crippen LogP contribution in [-0.4, -0.2) is 35.7 Å². The summed E-state index contributed by atoms with van der Waals surface area (Å²) in [6, 6.07) is 0. The fourth-order valence-corrected chi connectivity index (χ4v) is 2.62. The number of nitrogens with one attached hydrogen (secondary N) is 1. The minimum atomic E-state index is -0.977. The molecule has 1 aliphatic carbocycles. The largest absolute Gasteiger partial charge is 0.479 e. The Balaban J connectivity index is 1.74. The molecule has 1 aliphatic heterocycles. The van der Waals surface area contributed by atoms with E-state index in [1.807, 2.05) is 0 Å². The van der Waals surface area contributed by atoms with Gasteiger partial charge >= 0.3 is 5.97 Å². The van der Waals surface area contributed by atoms with E-state index in [-0.39, 0.29) is 5.91 Å². The average molecular weight is 255 g/mol. The molecule has 0 bridgehead atoms. The van der Waals surface area contributed by atoms with Crippen LogP contribution in [0, 0.1) is 5.41 Å². The van der Waals surface area contributed by atoms with E-state index in [4.69, 9.17) is 9.84 Å². The molecule has 0 radical (unpaired) electrons. The molecule has 0 aromatic rings. The molecule has 5 nitrogen and oxygen atoms in total. The Kier molecular flexibility index (Phi) is 3.90. The maximum Gasteiger partial charge on any atom is 0.332 e. The van der Waals surface area contributed by atoms with Crippen LogP contribution >= 0.6 is 0 Å². The standard InChI is InChI=1S/C13H21NO4/c1-2-5-13(6-7-13)8-14-11(15)9-3-4-10(18-9)12(16)17/h9-10H,2-8H2,1H3,(H,14,15)(H,16,17)/t9-,10+/m0/s1. The van der Waals surface area contributed by atoms with Crippen molar-refractivity contribution in [2.45, 2.75) is 57.7 Å². The van der Waals surface area contributed by atoms with Gasteiger partial charge in [-0.25, -0.2) is 4.79 Å². The van der Waals surface area contributed by atoms with Crippen molar-refractivity contribution in [3.8, 4) is 0 Å². The van der Waals surface area contributed by atoms with Gasteiger partial charge in [0.2, 0.25) is 5.91 Å². The lowest BCUT2D eigenvalue weighted by molar-refractivity contribution is -0.151. The summed E-state index contributed by atoms with van der Waals surface area (Å²) in [5.74, 6) is -1.13. The molecule has 1 saturated carbocycles. The third kappa shape index (κ3) is 3.02. The van der Waals surface area contributed by atoms with E-state index in [9.17, 15) is 9.59 Å². The number of aliphatic carboxylic acids is 1. The van der Waals surface area contributed by atoms with Crippen LogP contribution in [0.2, 0.25) is 0 Å². The third-order valence-electron chi connectivity index (χ3n) is 3.96. The lowest BCUT2D eigenvalue weighted by Crippen LogP contribution is -2.38. The number of carbonyl (C=O) groups is 2.